The van der Waals surface area contributed by atoms with Crippen molar-refractivity contribution in [2.75, 3.05) is 11.9 Å². The number of aromatic carboxylic acids is 1. The quantitative estimate of drug-likeness (QED) is 0.929. The van der Waals surface area contributed by atoms with E-state index in [0.717, 1.165) is 16.1 Å². The van der Waals surface area contributed by atoms with Crippen molar-refractivity contribution in [3.8, 4) is 0 Å². The Kier molecular flexibility index (Phi) is 4.34. The molecule has 0 atom stereocenters. The van der Waals surface area contributed by atoms with Gasteiger partial charge in [-0.25, -0.2) is 14.2 Å². The summed E-state index contributed by atoms with van der Waals surface area (Å²) in [6.07, 6.45) is 1.29. The first kappa shape index (κ1) is 14.5. The van der Waals surface area contributed by atoms with Crippen molar-refractivity contribution >= 4 is 27.7 Å². The first-order valence-corrected chi connectivity index (χ1v) is 6.61. The summed E-state index contributed by atoms with van der Waals surface area (Å²) in [5.41, 5.74) is 0.593. The topological polar surface area (TPSA) is 53.4 Å². The van der Waals surface area contributed by atoms with Crippen LogP contribution in [-0.2, 0) is 6.54 Å². The molecule has 0 fully saturated rings. The van der Waals surface area contributed by atoms with E-state index in [0.29, 0.717) is 6.54 Å². The Labute approximate surface area is 124 Å². The van der Waals surface area contributed by atoms with E-state index < -0.39 is 11.8 Å². The third-order valence-corrected chi connectivity index (χ3v) is 3.32. The highest BCUT2D eigenvalue weighted by atomic mass is 79.9. The lowest BCUT2D eigenvalue weighted by Crippen LogP contribution is -2.20. The van der Waals surface area contributed by atoms with E-state index >= 15 is 0 Å². The average molecular weight is 339 g/mol. The maximum Gasteiger partial charge on any atom is 0.338 e. The van der Waals surface area contributed by atoms with E-state index in [2.05, 4.69) is 20.9 Å². The number of carboxylic acid groups (broad SMARTS) is 1. The number of halogens is 2. The van der Waals surface area contributed by atoms with Crippen LogP contribution in [0.1, 0.15) is 15.9 Å². The Bertz CT molecular complexity index is 632. The predicted octanol–water partition coefficient (Wildman–Crippen LogP) is 3.32. The van der Waals surface area contributed by atoms with Gasteiger partial charge in [-0.15, -0.1) is 0 Å². The molecule has 0 radical (unpaired) electrons. The number of hydrogen-bond donors (Lipinski definition) is 1. The number of rotatable bonds is 4. The van der Waals surface area contributed by atoms with Crippen LogP contribution < -0.4 is 4.90 Å². The molecule has 20 heavy (non-hydrogen) atoms. The molecule has 0 spiro atoms. The van der Waals surface area contributed by atoms with Crippen LogP contribution in [0.3, 0.4) is 0 Å². The lowest BCUT2D eigenvalue weighted by molar-refractivity contribution is 0.0692. The van der Waals surface area contributed by atoms with E-state index in [4.69, 9.17) is 5.11 Å². The Balaban J connectivity index is 2.25. The maximum atomic E-state index is 14.0. The number of benzene rings is 1. The summed E-state index contributed by atoms with van der Waals surface area (Å²) in [6.45, 7) is 0.431. The molecule has 0 amide bonds. The van der Waals surface area contributed by atoms with Crippen LogP contribution in [-0.4, -0.2) is 23.1 Å². The number of carbonyl (C=O) groups is 1. The van der Waals surface area contributed by atoms with Crippen molar-refractivity contribution in [3.05, 3.63) is 57.9 Å². The second-order valence-corrected chi connectivity index (χ2v) is 5.20. The van der Waals surface area contributed by atoms with Crippen LogP contribution in [0.5, 0.6) is 0 Å². The number of carboxylic acids is 1. The number of aromatic nitrogens is 1. The van der Waals surface area contributed by atoms with Gasteiger partial charge in [0.25, 0.3) is 0 Å². The maximum absolute atomic E-state index is 14.0. The molecule has 1 aromatic heterocycles. The van der Waals surface area contributed by atoms with Gasteiger partial charge in [-0.05, 0) is 23.8 Å². The Morgan fingerprint density at radius 3 is 2.60 bits per heavy atom. The monoisotopic (exact) mass is 338 g/mol. The normalized spacial score (nSPS) is 10.3. The zero-order valence-corrected chi connectivity index (χ0v) is 12.3. The molecule has 4 nitrogen and oxygen atoms in total. The third-order valence-electron chi connectivity index (χ3n) is 2.80. The number of pyridine rings is 1. The Morgan fingerprint density at radius 1 is 1.35 bits per heavy atom. The molecular weight excluding hydrogens is 327 g/mol. The minimum atomic E-state index is -1.30. The zero-order valence-electron chi connectivity index (χ0n) is 10.7. The zero-order chi connectivity index (χ0) is 14.7. The first-order valence-electron chi connectivity index (χ1n) is 5.82. The molecule has 2 rings (SSSR count). The highest BCUT2D eigenvalue weighted by Gasteiger charge is 2.17. The predicted molar refractivity (Wildman–Crippen MR) is 77.4 cm³/mol. The van der Waals surface area contributed by atoms with Gasteiger partial charge in [-0.1, -0.05) is 28.1 Å². The van der Waals surface area contributed by atoms with Gasteiger partial charge in [0.15, 0.2) is 11.6 Å². The molecule has 0 unspecified atom stereocenters. The van der Waals surface area contributed by atoms with E-state index in [-0.39, 0.29) is 11.4 Å². The molecule has 0 aliphatic rings. The van der Waals surface area contributed by atoms with Crippen LogP contribution >= 0.6 is 15.9 Å². The highest BCUT2D eigenvalue weighted by molar-refractivity contribution is 9.10. The van der Waals surface area contributed by atoms with Crippen molar-refractivity contribution in [3.63, 3.8) is 0 Å². The molecular formula is C14H12BrFN2O2. The fourth-order valence-electron chi connectivity index (χ4n) is 1.80. The Morgan fingerprint density at radius 2 is 2.00 bits per heavy atom. The largest absolute Gasteiger partial charge is 0.478 e. The summed E-state index contributed by atoms with van der Waals surface area (Å²) in [6, 6.07) is 8.73. The van der Waals surface area contributed by atoms with Crippen molar-refractivity contribution in [2.45, 2.75) is 6.54 Å². The van der Waals surface area contributed by atoms with Gasteiger partial charge in [0.05, 0.1) is 0 Å². The lowest BCUT2D eigenvalue weighted by Gasteiger charge is -2.19. The molecule has 1 N–H and O–H groups in total. The molecule has 0 aliphatic carbocycles. The molecule has 1 aromatic carbocycles. The highest BCUT2D eigenvalue weighted by Crippen LogP contribution is 2.20. The van der Waals surface area contributed by atoms with Gasteiger partial charge < -0.3 is 10.0 Å². The van der Waals surface area contributed by atoms with Crippen LogP contribution in [0.4, 0.5) is 10.2 Å². The molecule has 6 heteroatoms. The first-order chi connectivity index (χ1) is 9.49. The molecule has 0 saturated carbocycles. The van der Waals surface area contributed by atoms with E-state index in [1.165, 1.54) is 6.20 Å². The van der Waals surface area contributed by atoms with Gasteiger partial charge in [-0.3, -0.25) is 0 Å². The van der Waals surface area contributed by atoms with E-state index in [1.807, 2.05) is 24.3 Å². The van der Waals surface area contributed by atoms with Crippen LogP contribution in [0.2, 0.25) is 0 Å². The van der Waals surface area contributed by atoms with E-state index in [1.54, 1.807) is 11.9 Å². The SMILES string of the molecule is CN(Cc1ccc(Br)cc1)c1nccc(C(=O)O)c1F. The average Bonchev–Trinajstić information content (AvgIpc) is 2.41. The van der Waals surface area contributed by atoms with Gasteiger partial charge >= 0.3 is 5.97 Å². The van der Waals surface area contributed by atoms with Crippen molar-refractivity contribution < 1.29 is 14.3 Å². The number of anilines is 1. The van der Waals surface area contributed by atoms with Gasteiger partial charge in [0.1, 0.15) is 5.56 Å². The molecule has 1 heterocycles. The van der Waals surface area contributed by atoms with Gasteiger partial charge in [0.2, 0.25) is 0 Å². The summed E-state index contributed by atoms with van der Waals surface area (Å²) in [4.78, 5) is 16.4. The third kappa shape index (κ3) is 3.14. The molecule has 0 aliphatic heterocycles. The minimum Gasteiger partial charge on any atom is -0.478 e. The molecule has 0 bridgehead atoms. The van der Waals surface area contributed by atoms with Crippen LogP contribution in [0.25, 0.3) is 0 Å². The Hall–Kier alpha value is -1.95. The fraction of sp³-hybridized carbons (Fsp3) is 0.143. The number of hydrogen-bond acceptors (Lipinski definition) is 3. The van der Waals surface area contributed by atoms with Crippen molar-refractivity contribution in [1.29, 1.82) is 0 Å². The molecule has 104 valence electrons. The van der Waals surface area contributed by atoms with Gasteiger partial charge in [-0.2, -0.15) is 0 Å². The smallest absolute Gasteiger partial charge is 0.338 e. The lowest BCUT2D eigenvalue weighted by atomic mass is 10.2. The van der Waals surface area contributed by atoms with Gasteiger partial charge in [0, 0.05) is 24.3 Å². The van der Waals surface area contributed by atoms with Crippen LogP contribution in [0, 0.1) is 5.82 Å². The summed E-state index contributed by atoms with van der Waals surface area (Å²) < 4.78 is 15.0. The molecule has 0 saturated heterocycles. The van der Waals surface area contributed by atoms with Crippen LogP contribution in [0.15, 0.2) is 41.0 Å². The van der Waals surface area contributed by atoms with E-state index in [9.17, 15) is 9.18 Å². The summed E-state index contributed by atoms with van der Waals surface area (Å²) in [5.74, 6) is -2.10. The molecule has 2 aromatic rings. The second kappa shape index (κ2) is 6.00. The van der Waals surface area contributed by atoms with Crippen molar-refractivity contribution in [1.82, 2.24) is 4.98 Å². The summed E-state index contributed by atoms with van der Waals surface area (Å²) >= 11 is 3.34. The number of nitrogens with zero attached hydrogens (tertiary/aromatic N) is 2. The summed E-state index contributed by atoms with van der Waals surface area (Å²) in [5, 5.41) is 8.90. The fourth-order valence-corrected chi connectivity index (χ4v) is 2.07. The standard InChI is InChI=1S/C14H12BrFN2O2/c1-18(8-9-2-4-10(15)5-3-9)13-12(16)11(14(19)20)6-7-17-13/h2-7H,8H2,1H3,(H,19,20). The minimum absolute atomic E-state index is 0.0211. The second-order valence-electron chi connectivity index (χ2n) is 4.28. The van der Waals surface area contributed by atoms with Crippen molar-refractivity contribution in [2.24, 2.45) is 0 Å². The summed E-state index contributed by atoms with van der Waals surface area (Å²) in [7, 11) is 1.67.